The van der Waals surface area contributed by atoms with Crippen molar-refractivity contribution < 1.29 is 9.66 Å². The van der Waals surface area contributed by atoms with Crippen LogP contribution in [0.15, 0.2) is 53.6 Å². The largest absolute Gasteiger partial charge is 0.490 e. The average Bonchev–Trinajstić information content (AvgIpc) is 2.52. The number of hydrazone groups is 1. The number of nitrogens with one attached hydrogen (secondary N) is 1. The van der Waals surface area contributed by atoms with Gasteiger partial charge in [-0.05, 0) is 17.7 Å². The Morgan fingerprint density at radius 2 is 2.05 bits per heavy atom. The van der Waals surface area contributed by atoms with E-state index in [9.17, 15) is 10.1 Å². The molecule has 0 unspecified atom stereocenters. The zero-order chi connectivity index (χ0) is 15.1. The maximum atomic E-state index is 10.9. The van der Waals surface area contributed by atoms with Gasteiger partial charge in [0.15, 0.2) is 5.75 Å². The van der Waals surface area contributed by atoms with Gasteiger partial charge in [-0.2, -0.15) is 5.10 Å². The third-order valence-electron chi connectivity index (χ3n) is 2.83. The minimum atomic E-state index is -0.479. The van der Waals surface area contributed by atoms with Gasteiger partial charge < -0.3 is 10.2 Å². The molecule has 0 radical (unpaired) electrons. The van der Waals surface area contributed by atoms with E-state index < -0.39 is 4.92 Å². The lowest BCUT2D eigenvalue weighted by Gasteiger charge is -2.02. The molecule has 0 amide bonds. The van der Waals surface area contributed by atoms with E-state index in [0.29, 0.717) is 12.1 Å². The van der Waals surface area contributed by atoms with Gasteiger partial charge in [0.25, 0.3) is 0 Å². The van der Waals surface area contributed by atoms with Gasteiger partial charge >= 0.3 is 5.69 Å². The molecule has 0 aliphatic carbocycles. The quantitative estimate of drug-likeness (QED) is 0.503. The molecule has 6 heteroatoms. The van der Waals surface area contributed by atoms with Gasteiger partial charge in [0, 0.05) is 11.6 Å². The lowest BCUT2D eigenvalue weighted by atomic mass is 10.2. The van der Waals surface area contributed by atoms with E-state index in [2.05, 4.69) is 10.5 Å². The van der Waals surface area contributed by atoms with Crippen LogP contribution in [0.4, 0.5) is 5.69 Å². The molecular weight excluding hydrogens is 270 g/mol. The maximum Gasteiger partial charge on any atom is 0.311 e. The SMILES string of the molecule is COc1ccc(C=NNCc2ccccc2)cc1[N+](=O)[O-]. The molecule has 1 N–H and O–H groups in total. The Morgan fingerprint density at radius 1 is 1.29 bits per heavy atom. The average molecular weight is 285 g/mol. The fourth-order valence-corrected chi connectivity index (χ4v) is 1.78. The summed E-state index contributed by atoms with van der Waals surface area (Å²) < 4.78 is 4.94. The summed E-state index contributed by atoms with van der Waals surface area (Å²) in [6, 6.07) is 14.5. The zero-order valence-corrected chi connectivity index (χ0v) is 11.5. The van der Waals surface area contributed by atoms with Crippen molar-refractivity contribution in [3.63, 3.8) is 0 Å². The van der Waals surface area contributed by atoms with E-state index in [1.165, 1.54) is 19.4 Å². The maximum absolute atomic E-state index is 10.9. The molecule has 0 saturated carbocycles. The van der Waals surface area contributed by atoms with Crippen LogP contribution in [0.5, 0.6) is 5.75 Å². The fourth-order valence-electron chi connectivity index (χ4n) is 1.78. The highest BCUT2D eigenvalue weighted by atomic mass is 16.6. The highest BCUT2D eigenvalue weighted by Crippen LogP contribution is 2.26. The summed E-state index contributed by atoms with van der Waals surface area (Å²) in [5, 5.41) is 15.0. The fraction of sp³-hybridized carbons (Fsp3) is 0.133. The van der Waals surface area contributed by atoms with E-state index in [4.69, 9.17) is 4.74 Å². The number of benzene rings is 2. The van der Waals surface area contributed by atoms with Gasteiger partial charge in [-0.1, -0.05) is 30.3 Å². The Kier molecular flexibility index (Phi) is 4.87. The van der Waals surface area contributed by atoms with Gasteiger partial charge in [-0.25, -0.2) is 0 Å². The standard InChI is InChI=1S/C15H15N3O3/c1-21-15-8-7-13(9-14(15)18(19)20)11-17-16-10-12-5-3-2-4-6-12/h2-9,11,16H,10H2,1H3. The van der Waals surface area contributed by atoms with Crippen molar-refractivity contribution in [2.75, 3.05) is 7.11 Å². The van der Waals surface area contributed by atoms with E-state index in [-0.39, 0.29) is 11.4 Å². The van der Waals surface area contributed by atoms with Crippen molar-refractivity contribution in [1.82, 2.24) is 5.43 Å². The predicted octanol–water partition coefficient (Wildman–Crippen LogP) is 2.73. The summed E-state index contributed by atoms with van der Waals surface area (Å²) in [4.78, 5) is 10.4. The summed E-state index contributed by atoms with van der Waals surface area (Å²) in [5.41, 5.74) is 4.55. The number of ether oxygens (including phenoxy) is 1. The lowest BCUT2D eigenvalue weighted by molar-refractivity contribution is -0.385. The Labute approximate surface area is 122 Å². The molecule has 0 aliphatic rings. The monoisotopic (exact) mass is 285 g/mol. The minimum absolute atomic E-state index is 0.0792. The number of hydrogen-bond donors (Lipinski definition) is 1. The minimum Gasteiger partial charge on any atom is -0.490 e. The number of nitro benzene ring substituents is 1. The van der Waals surface area contributed by atoms with Gasteiger partial charge in [0.2, 0.25) is 0 Å². The predicted molar refractivity (Wildman–Crippen MR) is 80.5 cm³/mol. The first-order valence-electron chi connectivity index (χ1n) is 6.33. The van der Waals surface area contributed by atoms with E-state index in [1.54, 1.807) is 12.1 Å². The van der Waals surface area contributed by atoms with Crippen LogP contribution in [0.2, 0.25) is 0 Å². The molecule has 108 valence electrons. The van der Waals surface area contributed by atoms with Crippen molar-refractivity contribution in [3.05, 3.63) is 69.8 Å². The summed E-state index contributed by atoms with van der Waals surface area (Å²) in [6.45, 7) is 0.593. The van der Waals surface area contributed by atoms with Crippen molar-refractivity contribution in [1.29, 1.82) is 0 Å². The molecule has 0 spiro atoms. The zero-order valence-electron chi connectivity index (χ0n) is 11.5. The first kappa shape index (κ1) is 14.5. The molecule has 0 atom stereocenters. The van der Waals surface area contributed by atoms with Gasteiger partial charge in [0.05, 0.1) is 24.8 Å². The second kappa shape index (κ2) is 7.04. The van der Waals surface area contributed by atoms with E-state index in [0.717, 1.165) is 5.56 Å². The molecule has 2 aromatic rings. The molecule has 21 heavy (non-hydrogen) atoms. The van der Waals surface area contributed by atoms with Crippen molar-refractivity contribution in [2.45, 2.75) is 6.54 Å². The van der Waals surface area contributed by atoms with Crippen LogP contribution in [-0.4, -0.2) is 18.2 Å². The molecule has 2 aromatic carbocycles. The summed E-state index contributed by atoms with van der Waals surface area (Å²) in [5.74, 6) is 0.231. The second-order valence-electron chi connectivity index (χ2n) is 4.27. The van der Waals surface area contributed by atoms with E-state index >= 15 is 0 Å². The van der Waals surface area contributed by atoms with Crippen LogP contribution in [0, 0.1) is 10.1 Å². The van der Waals surface area contributed by atoms with Crippen LogP contribution in [0.3, 0.4) is 0 Å². The molecular formula is C15H15N3O3. The Bertz CT molecular complexity index is 642. The highest BCUT2D eigenvalue weighted by Gasteiger charge is 2.14. The second-order valence-corrected chi connectivity index (χ2v) is 4.27. The molecule has 0 saturated heterocycles. The molecule has 2 rings (SSSR count). The number of rotatable bonds is 6. The van der Waals surface area contributed by atoms with Crippen molar-refractivity contribution in [3.8, 4) is 5.75 Å². The summed E-state index contributed by atoms with van der Waals surface area (Å²) >= 11 is 0. The highest BCUT2D eigenvalue weighted by molar-refractivity contribution is 5.81. The number of nitro groups is 1. The smallest absolute Gasteiger partial charge is 0.311 e. The summed E-state index contributed by atoms with van der Waals surface area (Å²) in [6.07, 6.45) is 1.54. The Morgan fingerprint density at radius 3 is 2.71 bits per heavy atom. The Balaban J connectivity index is 2.01. The van der Waals surface area contributed by atoms with Gasteiger partial charge in [-0.15, -0.1) is 0 Å². The molecule has 0 fully saturated rings. The number of nitrogens with zero attached hydrogens (tertiary/aromatic N) is 2. The summed E-state index contributed by atoms with van der Waals surface area (Å²) in [7, 11) is 1.40. The molecule has 0 bridgehead atoms. The van der Waals surface area contributed by atoms with Crippen molar-refractivity contribution in [2.24, 2.45) is 5.10 Å². The first-order chi connectivity index (χ1) is 10.2. The number of methoxy groups -OCH3 is 1. The molecule has 0 aliphatic heterocycles. The Hall–Kier alpha value is -2.89. The van der Waals surface area contributed by atoms with Crippen LogP contribution in [-0.2, 0) is 6.54 Å². The van der Waals surface area contributed by atoms with Crippen LogP contribution < -0.4 is 10.2 Å². The normalized spacial score (nSPS) is 10.5. The van der Waals surface area contributed by atoms with Gasteiger partial charge in [-0.3, -0.25) is 10.1 Å². The molecule has 6 nitrogen and oxygen atoms in total. The third kappa shape index (κ3) is 4.04. The van der Waals surface area contributed by atoms with Crippen molar-refractivity contribution >= 4 is 11.9 Å². The van der Waals surface area contributed by atoms with Gasteiger partial charge in [0.1, 0.15) is 0 Å². The van der Waals surface area contributed by atoms with Crippen LogP contribution in [0.25, 0.3) is 0 Å². The molecule has 0 aromatic heterocycles. The first-order valence-corrected chi connectivity index (χ1v) is 6.33. The third-order valence-corrected chi connectivity index (χ3v) is 2.83. The topological polar surface area (TPSA) is 76.8 Å². The van der Waals surface area contributed by atoms with Crippen LogP contribution in [0.1, 0.15) is 11.1 Å². The molecule has 0 heterocycles. The van der Waals surface area contributed by atoms with Crippen LogP contribution >= 0.6 is 0 Å². The van der Waals surface area contributed by atoms with E-state index in [1.807, 2.05) is 30.3 Å². The number of hydrogen-bond acceptors (Lipinski definition) is 5. The lowest BCUT2D eigenvalue weighted by Crippen LogP contribution is -2.05.